The minimum atomic E-state index is -0.418. The molecule has 0 unspecified atom stereocenters. The van der Waals surface area contributed by atoms with Crippen LogP contribution in [-0.2, 0) is 0 Å². The summed E-state index contributed by atoms with van der Waals surface area (Å²) in [5, 5.41) is 12.0. The van der Waals surface area contributed by atoms with Crippen LogP contribution in [-0.4, -0.2) is 20.2 Å². The highest BCUT2D eigenvalue weighted by molar-refractivity contribution is 9.10. The first-order valence-corrected chi connectivity index (χ1v) is 7.03. The lowest BCUT2D eigenvalue weighted by molar-refractivity contribution is 0.628. The highest BCUT2D eigenvalue weighted by Crippen LogP contribution is 2.32. The standard InChI is InChI=1S/C13H8BrClFN5/c14-12-9(15)2-1-3-11(12)21-13(18-19-20-21)8-6-7(16)4-5-10(8)17/h1-6H,17H2. The number of halogens is 3. The fraction of sp³-hybridized carbons (Fsp3) is 0. The van der Waals surface area contributed by atoms with Gasteiger partial charge in [-0.05, 0) is 56.7 Å². The van der Waals surface area contributed by atoms with Gasteiger partial charge in [0.05, 0.1) is 15.2 Å². The Labute approximate surface area is 132 Å². The van der Waals surface area contributed by atoms with Gasteiger partial charge in [-0.1, -0.05) is 17.7 Å². The van der Waals surface area contributed by atoms with E-state index in [4.69, 9.17) is 17.3 Å². The summed E-state index contributed by atoms with van der Waals surface area (Å²) in [4.78, 5) is 0. The molecule has 5 nitrogen and oxygen atoms in total. The summed E-state index contributed by atoms with van der Waals surface area (Å²) in [6.07, 6.45) is 0. The fourth-order valence-corrected chi connectivity index (χ4v) is 2.50. The van der Waals surface area contributed by atoms with Gasteiger partial charge in [0.1, 0.15) is 5.82 Å². The highest BCUT2D eigenvalue weighted by Gasteiger charge is 2.17. The summed E-state index contributed by atoms with van der Waals surface area (Å²) in [5.41, 5.74) is 7.30. The van der Waals surface area contributed by atoms with Gasteiger partial charge in [-0.3, -0.25) is 0 Å². The van der Waals surface area contributed by atoms with Gasteiger partial charge in [0.25, 0.3) is 0 Å². The summed E-state index contributed by atoms with van der Waals surface area (Å²) in [5.74, 6) is -0.0890. The Morgan fingerprint density at radius 1 is 1.24 bits per heavy atom. The van der Waals surface area contributed by atoms with Crippen LogP contribution in [0, 0.1) is 5.82 Å². The number of tetrazole rings is 1. The lowest BCUT2D eigenvalue weighted by Gasteiger charge is -2.09. The molecule has 0 aliphatic carbocycles. The molecule has 0 amide bonds. The van der Waals surface area contributed by atoms with E-state index in [0.717, 1.165) is 0 Å². The molecule has 2 N–H and O–H groups in total. The Balaban J connectivity index is 2.22. The van der Waals surface area contributed by atoms with Crippen molar-refractivity contribution in [3.8, 4) is 17.1 Å². The first-order chi connectivity index (χ1) is 10.1. The average Bonchev–Trinajstić information content (AvgIpc) is 2.93. The molecule has 106 valence electrons. The SMILES string of the molecule is Nc1ccc(F)cc1-c1nnnn1-c1cccc(Cl)c1Br. The fourth-order valence-electron chi connectivity index (χ4n) is 1.90. The minimum absolute atomic E-state index is 0.329. The van der Waals surface area contributed by atoms with E-state index in [-0.39, 0.29) is 0 Å². The quantitative estimate of drug-likeness (QED) is 0.703. The molecule has 0 atom stereocenters. The second-order valence-electron chi connectivity index (χ2n) is 4.22. The van der Waals surface area contributed by atoms with E-state index in [1.165, 1.54) is 22.9 Å². The number of benzene rings is 2. The molecule has 0 saturated heterocycles. The van der Waals surface area contributed by atoms with Crippen LogP contribution in [0.3, 0.4) is 0 Å². The van der Waals surface area contributed by atoms with Crippen molar-refractivity contribution in [2.24, 2.45) is 0 Å². The molecule has 0 aliphatic rings. The second kappa shape index (κ2) is 5.42. The molecule has 8 heteroatoms. The zero-order valence-electron chi connectivity index (χ0n) is 10.5. The zero-order chi connectivity index (χ0) is 15.0. The lowest BCUT2D eigenvalue weighted by atomic mass is 10.1. The van der Waals surface area contributed by atoms with E-state index in [0.29, 0.717) is 32.3 Å². The molecule has 0 radical (unpaired) electrons. The van der Waals surface area contributed by atoms with E-state index < -0.39 is 5.82 Å². The van der Waals surface area contributed by atoms with Gasteiger partial charge in [-0.2, -0.15) is 4.68 Å². The number of nitrogens with two attached hydrogens (primary N) is 1. The van der Waals surface area contributed by atoms with Crippen molar-refractivity contribution in [2.45, 2.75) is 0 Å². The Kier molecular flexibility index (Phi) is 3.60. The van der Waals surface area contributed by atoms with Crippen LogP contribution in [0.5, 0.6) is 0 Å². The molecule has 1 heterocycles. The number of anilines is 1. The monoisotopic (exact) mass is 367 g/mol. The van der Waals surface area contributed by atoms with Crippen LogP contribution in [0.1, 0.15) is 0 Å². The van der Waals surface area contributed by atoms with E-state index in [9.17, 15) is 4.39 Å². The smallest absolute Gasteiger partial charge is 0.189 e. The van der Waals surface area contributed by atoms with Crippen molar-refractivity contribution in [2.75, 3.05) is 5.73 Å². The molecule has 0 bridgehead atoms. The van der Waals surface area contributed by atoms with Crippen LogP contribution in [0.15, 0.2) is 40.9 Å². The van der Waals surface area contributed by atoms with Crippen molar-refractivity contribution in [3.05, 3.63) is 51.7 Å². The molecule has 21 heavy (non-hydrogen) atoms. The first-order valence-electron chi connectivity index (χ1n) is 5.86. The van der Waals surface area contributed by atoms with Crippen LogP contribution >= 0.6 is 27.5 Å². The summed E-state index contributed by atoms with van der Waals surface area (Å²) in [6.45, 7) is 0. The van der Waals surface area contributed by atoms with Gasteiger partial charge in [-0.25, -0.2) is 4.39 Å². The van der Waals surface area contributed by atoms with Crippen LogP contribution in [0.4, 0.5) is 10.1 Å². The minimum Gasteiger partial charge on any atom is -0.398 e. The van der Waals surface area contributed by atoms with E-state index in [2.05, 4.69) is 31.5 Å². The molecular weight excluding hydrogens is 361 g/mol. The van der Waals surface area contributed by atoms with Crippen molar-refractivity contribution in [1.29, 1.82) is 0 Å². The largest absolute Gasteiger partial charge is 0.398 e. The third kappa shape index (κ3) is 2.50. The average molecular weight is 369 g/mol. The molecule has 1 aromatic heterocycles. The maximum absolute atomic E-state index is 13.5. The van der Waals surface area contributed by atoms with Gasteiger partial charge < -0.3 is 5.73 Å². The van der Waals surface area contributed by atoms with Gasteiger partial charge in [0.15, 0.2) is 5.82 Å². The number of nitrogen functional groups attached to an aromatic ring is 1. The molecule has 0 saturated carbocycles. The van der Waals surface area contributed by atoms with E-state index in [1.54, 1.807) is 18.2 Å². The maximum atomic E-state index is 13.5. The third-order valence-electron chi connectivity index (χ3n) is 2.89. The summed E-state index contributed by atoms with van der Waals surface area (Å²) >= 11 is 9.46. The highest BCUT2D eigenvalue weighted by atomic mass is 79.9. The Morgan fingerprint density at radius 3 is 2.86 bits per heavy atom. The molecular formula is C13H8BrClFN5. The molecule has 0 spiro atoms. The molecule has 0 aliphatic heterocycles. The predicted octanol–water partition coefficient (Wildman–Crippen LogP) is 3.47. The van der Waals surface area contributed by atoms with Gasteiger partial charge in [0.2, 0.25) is 0 Å². The van der Waals surface area contributed by atoms with Gasteiger partial charge >= 0.3 is 0 Å². The Hall–Kier alpha value is -1.99. The predicted molar refractivity (Wildman–Crippen MR) is 81.7 cm³/mol. The van der Waals surface area contributed by atoms with Crippen molar-refractivity contribution < 1.29 is 4.39 Å². The number of aromatic nitrogens is 4. The van der Waals surface area contributed by atoms with E-state index in [1.807, 2.05) is 0 Å². The molecule has 0 fully saturated rings. The van der Waals surface area contributed by atoms with Crippen LogP contribution in [0.2, 0.25) is 5.02 Å². The van der Waals surface area contributed by atoms with Gasteiger partial charge in [0, 0.05) is 11.3 Å². The normalized spacial score (nSPS) is 10.8. The van der Waals surface area contributed by atoms with Crippen molar-refractivity contribution >= 4 is 33.2 Å². The summed E-state index contributed by atoms with van der Waals surface area (Å²) < 4.78 is 15.5. The van der Waals surface area contributed by atoms with E-state index >= 15 is 0 Å². The molecule has 3 rings (SSSR count). The number of rotatable bonds is 2. The maximum Gasteiger partial charge on any atom is 0.189 e. The first kappa shape index (κ1) is 14.0. The van der Waals surface area contributed by atoms with Crippen molar-refractivity contribution in [1.82, 2.24) is 20.2 Å². The summed E-state index contributed by atoms with van der Waals surface area (Å²) in [6, 6.07) is 9.32. The van der Waals surface area contributed by atoms with Crippen LogP contribution in [0.25, 0.3) is 17.1 Å². The number of nitrogens with zero attached hydrogens (tertiary/aromatic N) is 4. The molecule has 2 aromatic carbocycles. The lowest BCUT2D eigenvalue weighted by Crippen LogP contribution is -2.03. The topological polar surface area (TPSA) is 69.6 Å². The number of hydrogen-bond donors (Lipinski definition) is 1. The van der Waals surface area contributed by atoms with Crippen molar-refractivity contribution in [3.63, 3.8) is 0 Å². The third-order valence-corrected chi connectivity index (χ3v) is 4.26. The van der Waals surface area contributed by atoms with Crippen LogP contribution < -0.4 is 5.73 Å². The number of hydrogen-bond acceptors (Lipinski definition) is 4. The zero-order valence-corrected chi connectivity index (χ0v) is 12.8. The Bertz CT molecular complexity index is 804. The van der Waals surface area contributed by atoms with Gasteiger partial charge in [-0.15, -0.1) is 5.10 Å². The molecule has 3 aromatic rings. The Morgan fingerprint density at radius 2 is 2.05 bits per heavy atom. The second-order valence-corrected chi connectivity index (χ2v) is 5.42. The summed E-state index contributed by atoms with van der Waals surface area (Å²) in [7, 11) is 0.